The molecule has 1 atom stereocenters. The average molecular weight is 261 g/mol. The third-order valence-corrected chi connectivity index (χ3v) is 2.47. The van der Waals surface area contributed by atoms with Gasteiger partial charge >= 0.3 is 6.36 Å². The number of alkyl halides is 3. The van der Waals surface area contributed by atoms with Crippen LogP contribution in [0.3, 0.4) is 0 Å². The van der Waals surface area contributed by atoms with E-state index in [9.17, 15) is 13.2 Å². The minimum Gasteiger partial charge on any atom is -0.406 e. The lowest BCUT2D eigenvalue weighted by Crippen LogP contribution is -2.18. The van der Waals surface area contributed by atoms with Crippen molar-refractivity contribution >= 4 is 5.69 Å². The minimum absolute atomic E-state index is 0.199. The predicted octanol–water partition coefficient (Wildman–Crippen LogP) is 4.58. The zero-order valence-corrected chi connectivity index (χ0v) is 10.6. The molecule has 1 unspecified atom stereocenters. The first-order valence-electron chi connectivity index (χ1n) is 6.03. The van der Waals surface area contributed by atoms with Gasteiger partial charge < -0.3 is 10.1 Å². The van der Waals surface area contributed by atoms with E-state index in [1.165, 1.54) is 18.2 Å². The number of halogens is 3. The van der Waals surface area contributed by atoms with Gasteiger partial charge in [-0.3, -0.25) is 0 Å². The maximum atomic E-state index is 12.1. The Morgan fingerprint density at radius 1 is 1.33 bits per heavy atom. The van der Waals surface area contributed by atoms with Crippen LogP contribution in [-0.2, 0) is 0 Å². The van der Waals surface area contributed by atoms with Crippen LogP contribution in [0.25, 0.3) is 0 Å². The predicted molar refractivity (Wildman–Crippen MR) is 65.7 cm³/mol. The molecule has 0 saturated carbocycles. The molecule has 0 fully saturated rings. The molecule has 0 radical (unpaired) electrons. The van der Waals surface area contributed by atoms with Crippen LogP contribution in [0, 0.1) is 0 Å². The van der Waals surface area contributed by atoms with Crippen LogP contribution in [0.5, 0.6) is 5.75 Å². The second-order valence-corrected chi connectivity index (χ2v) is 4.26. The lowest BCUT2D eigenvalue weighted by atomic mass is 10.1. The Balaban J connectivity index is 2.59. The summed E-state index contributed by atoms with van der Waals surface area (Å²) in [4.78, 5) is 0. The van der Waals surface area contributed by atoms with Crippen molar-refractivity contribution in [2.45, 2.75) is 45.5 Å². The van der Waals surface area contributed by atoms with E-state index in [1.807, 2.05) is 6.92 Å². The summed E-state index contributed by atoms with van der Waals surface area (Å²) in [5.74, 6) is -0.199. The molecule has 0 aliphatic rings. The van der Waals surface area contributed by atoms with Crippen LogP contribution in [0.1, 0.15) is 33.1 Å². The number of ether oxygens (including phenoxy) is 1. The van der Waals surface area contributed by atoms with Gasteiger partial charge in [0.15, 0.2) is 0 Å². The zero-order valence-electron chi connectivity index (χ0n) is 10.6. The van der Waals surface area contributed by atoms with Gasteiger partial charge in [0.1, 0.15) is 5.75 Å². The van der Waals surface area contributed by atoms with E-state index in [4.69, 9.17) is 0 Å². The second kappa shape index (κ2) is 6.52. The average Bonchev–Trinajstić information content (AvgIpc) is 2.24. The highest BCUT2D eigenvalue weighted by Crippen LogP contribution is 2.25. The summed E-state index contributed by atoms with van der Waals surface area (Å²) in [6.45, 7) is 4.11. The third kappa shape index (κ3) is 5.80. The molecule has 0 spiro atoms. The van der Waals surface area contributed by atoms with E-state index in [2.05, 4.69) is 17.0 Å². The van der Waals surface area contributed by atoms with Gasteiger partial charge in [0.2, 0.25) is 0 Å². The maximum Gasteiger partial charge on any atom is 0.573 e. The van der Waals surface area contributed by atoms with Crippen molar-refractivity contribution < 1.29 is 17.9 Å². The topological polar surface area (TPSA) is 21.3 Å². The van der Waals surface area contributed by atoms with Gasteiger partial charge in [-0.25, -0.2) is 0 Å². The summed E-state index contributed by atoms with van der Waals surface area (Å²) in [6.07, 6.45) is -1.47. The monoisotopic (exact) mass is 261 g/mol. The SMILES string of the molecule is CCCCC(C)Nc1cccc(OC(F)(F)F)c1. The molecule has 0 aliphatic carbocycles. The highest BCUT2D eigenvalue weighted by molar-refractivity contribution is 5.48. The second-order valence-electron chi connectivity index (χ2n) is 4.26. The van der Waals surface area contributed by atoms with E-state index < -0.39 is 6.36 Å². The quantitative estimate of drug-likeness (QED) is 0.809. The summed E-state index contributed by atoms with van der Waals surface area (Å²) in [6, 6.07) is 6.14. The maximum absolute atomic E-state index is 12.1. The van der Waals surface area contributed by atoms with Gasteiger partial charge in [-0.1, -0.05) is 25.8 Å². The molecule has 0 aromatic heterocycles. The van der Waals surface area contributed by atoms with Gasteiger partial charge in [-0.05, 0) is 25.5 Å². The van der Waals surface area contributed by atoms with Crippen molar-refractivity contribution in [3.8, 4) is 5.75 Å². The number of hydrogen-bond acceptors (Lipinski definition) is 2. The summed E-state index contributed by atoms with van der Waals surface area (Å²) in [7, 11) is 0. The molecule has 18 heavy (non-hydrogen) atoms. The number of hydrogen-bond donors (Lipinski definition) is 1. The Morgan fingerprint density at radius 3 is 2.67 bits per heavy atom. The van der Waals surface area contributed by atoms with Crippen LogP contribution in [0.2, 0.25) is 0 Å². The standard InChI is InChI=1S/C13H18F3NO/c1-3-4-6-10(2)17-11-7-5-8-12(9-11)18-13(14,15)16/h5,7-10,17H,3-4,6H2,1-2H3. The molecule has 0 bridgehead atoms. The molecule has 0 heterocycles. The number of rotatable bonds is 6. The van der Waals surface area contributed by atoms with Crippen molar-refractivity contribution in [2.24, 2.45) is 0 Å². The summed E-state index contributed by atoms with van der Waals surface area (Å²) >= 11 is 0. The Morgan fingerprint density at radius 2 is 2.06 bits per heavy atom. The van der Waals surface area contributed by atoms with Crippen LogP contribution in [0.15, 0.2) is 24.3 Å². The smallest absolute Gasteiger partial charge is 0.406 e. The molecule has 5 heteroatoms. The first-order valence-corrected chi connectivity index (χ1v) is 6.03. The Bertz CT molecular complexity index is 365. The van der Waals surface area contributed by atoms with E-state index >= 15 is 0 Å². The summed E-state index contributed by atoms with van der Waals surface area (Å²) in [5.41, 5.74) is 0.639. The Hall–Kier alpha value is -1.39. The van der Waals surface area contributed by atoms with Gasteiger partial charge in [0, 0.05) is 17.8 Å². The molecule has 0 aliphatic heterocycles. The highest BCUT2D eigenvalue weighted by Gasteiger charge is 2.31. The number of benzene rings is 1. The van der Waals surface area contributed by atoms with Crippen LogP contribution in [0.4, 0.5) is 18.9 Å². The molecule has 2 nitrogen and oxygen atoms in total. The first-order chi connectivity index (χ1) is 8.40. The van der Waals surface area contributed by atoms with Crippen LogP contribution >= 0.6 is 0 Å². The van der Waals surface area contributed by atoms with Crippen molar-refractivity contribution in [3.05, 3.63) is 24.3 Å². The van der Waals surface area contributed by atoms with E-state index in [-0.39, 0.29) is 11.8 Å². The summed E-state index contributed by atoms with van der Waals surface area (Å²) < 4.78 is 40.0. The fourth-order valence-electron chi connectivity index (χ4n) is 1.65. The number of unbranched alkanes of at least 4 members (excludes halogenated alkanes) is 1. The van der Waals surface area contributed by atoms with Crippen molar-refractivity contribution in [2.75, 3.05) is 5.32 Å². The van der Waals surface area contributed by atoms with Gasteiger partial charge in [-0.15, -0.1) is 13.2 Å². The summed E-state index contributed by atoms with van der Waals surface area (Å²) in [5, 5.41) is 3.16. The zero-order chi connectivity index (χ0) is 13.6. The van der Waals surface area contributed by atoms with Gasteiger partial charge in [-0.2, -0.15) is 0 Å². The van der Waals surface area contributed by atoms with Crippen LogP contribution < -0.4 is 10.1 Å². The van der Waals surface area contributed by atoms with Crippen molar-refractivity contribution in [1.29, 1.82) is 0 Å². The largest absolute Gasteiger partial charge is 0.573 e. The van der Waals surface area contributed by atoms with E-state index in [0.717, 1.165) is 19.3 Å². The van der Waals surface area contributed by atoms with E-state index in [1.54, 1.807) is 6.07 Å². The molecule has 1 rings (SSSR count). The Kier molecular flexibility index (Phi) is 5.31. The normalized spacial score (nSPS) is 13.2. The molecule has 1 aromatic rings. The van der Waals surface area contributed by atoms with Gasteiger partial charge in [0.25, 0.3) is 0 Å². The molecule has 1 aromatic carbocycles. The lowest BCUT2D eigenvalue weighted by molar-refractivity contribution is -0.274. The van der Waals surface area contributed by atoms with Crippen LogP contribution in [-0.4, -0.2) is 12.4 Å². The molecular weight excluding hydrogens is 243 g/mol. The Labute approximate surface area is 105 Å². The van der Waals surface area contributed by atoms with E-state index in [0.29, 0.717) is 5.69 Å². The molecular formula is C13H18F3NO. The van der Waals surface area contributed by atoms with Crippen molar-refractivity contribution in [1.82, 2.24) is 0 Å². The first kappa shape index (κ1) is 14.7. The fourth-order valence-corrected chi connectivity index (χ4v) is 1.65. The molecule has 0 saturated heterocycles. The number of anilines is 1. The third-order valence-electron chi connectivity index (χ3n) is 2.47. The fraction of sp³-hybridized carbons (Fsp3) is 0.538. The minimum atomic E-state index is -4.65. The molecule has 1 N–H and O–H groups in total. The lowest BCUT2D eigenvalue weighted by Gasteiger charge is -2.16. The van der Waals surface area contributed by atoms with Gasteiger partial charge in [0.05, 0.1) is 0 Å². The molecule has 0 amide bonds. The highest BCUT2D eigenvalue weighted by atomic mass is 19.4. The number of nitrogens with one attached hydrogen (secondary N) is 1. The molecule has 102 valence electrons. The van der Waals surface area contributed by atoms with Crippen molar-refractivity contribution in [3.63, 3.8) is 0 Å².